The number of furan rings is 1. The molecule has 0 bridgehead atoms. The summed E-state index contributed by atoms with van der Waals surface area (Å²) < 4.78 is 4.97. The molecule has 21 heavy (non-hydrogen) atoms. The topological polar surface area (TPSA) is 91.7 Å². The molecular formula is C14H21N3O4. The fraction of sp³-hybridized carbons (Fsp3) is 0.500. The number of nitrogens with one attached hydrogen (secondary N) is 2. The average Bonchev–Trinajstić information content (AvgIpc) is 2.96. The lowest BCUT2D eigenvalue weighted by Gasteiger charge is -2.15. The molecule has 7 nitrogen and oxygen atoms in total. The molecule has 0 saturated carbocycles. The molecule has 1 aromatic heterocycles. The van der Waals surface area contributed by atoms with Crippen LogP contribution in [0, 0.1) is 5.92 Å². The first-order valence-electron chi connectivity index (χ1n) is 6.75. The van der Waals surface area contributed by atoms with Gasteiger partial charge in [0.1, 0.15) is 0 Å². The summed E-state index contributed by atoms with van der Waals surface area (Å²) in [5.41, 5.74) is 0. The predicted octanol–water partition coefficient (Wildman–Crippen LogP) is 0.240. The second-order valence-corrected chi connectivity index (χ2v) is 4.93. The number of amides is 3. The summed E-state index contributed by atoms with van der Waals surface area (Å²) >= 11 is 0. The molecule has 0 aliphatic carbocycles. The summed E-state index contributed by atoms with van der Waals surface area (Å²) in [6, 6.07) is 3.15. The van der Waals surface area contributed by atoms with Gasteiger partial charge in [-0.15, -0.1) is 0 Å². The van der Waals surface area contributed by atoms with E-state index in [1.54, 1.807) is 19.9 Å². The van der Waals surface area contributed by atoms with Gasteiger partial charge in [0.15, 0.2) is 5.76 Å². The van der Waals surface area contributed by atoms with Gasteiger partial charge in [-0.05, 0) is 12.1 Å². The van der Waals surface area contributed by atoms with Crippen LogP contribution in [-0.4, -0.2) is 49.3 Å². The molecule has 116 valence electrons. The molecule has 0 aromatic carbocycles. The van der Waals surface area contributed by atoms with E-state index in [9.17, 15) is 14.4 Å². The quantitative estimate of drug-likeness (QED) is 0.705. The Bertz CT molecular complexity index is 482. The van der Waals surface area contributed by atoms with Crippen molar-refractivity contribution in [3.63, 3.8) is 0 Å². The molecule has 1 heterocycles. The zero-order chi connectivity index (χ0) is 15.8. The maximum atomic E-state index is 11.8. The maximum absolute atomic E-state index is 11.8. The third kappa shape index (κ3) is 5.68. The summed E-state index contributed by atoms with van der Waals surface area (Å²) in [7, 11) is 1.52. The van der Waals surface area contributed by atoms with Crippen molar-refractivity contribution in [3.05, 3.63) is 24.2 Å². The van der Waals surface area contributed by atoms with Crippen molar-refractivity contribution < 1.29 is 18.8 Å². The summed E-state index contributed by atoms with van der Waals surface area (Å²) in [5, 5.41) is 5.32. The smallest absolute Gasteiger partial charge is 0.289 e. The average molecular weight is 295 g/mol. The Morgan fingerprint density at radius 2 is 1.90 bits per heavy atom. The molecule has 0 spiro atoms. The predicted molar refractivity (Wildman–Crippen MR) is 76.5 cm³/mol. The van der Waals surface area contributed by atoms with Crippen LogP contribution in [0.3, 0.4) is 0 Å². The standard InChI is InChI=1S/C14H21N3O4/c1-10(2)13(19)16-7-6-15-12(18)9-17(3)14(20)11-5-4-8-21-11/h4-5,8,10H,6-7,9H2,1-3H3,(H,15,18)(H,16,19). The van der Waals surface area contributed by atoms with Crippen molar-refractivity contribution in [3.8, 4) is 0 Å². The first kappa shape index (κ1) is 16.7. The Labute approximate surface area is 123 Å². The first-order valence-corrected chi connectivity index (χ1v) is 6.75. The molecule has 0 unspecified atom stereocenters. The van der Waals surface area contributed by atoms with Crippen LogP contribution in [0.15, 0.2) is 22.8 Å². The van der Waals surface area contributed by atoms with E-state index in [1.807, 2.05) is 0 Å². The minimum absolute atomic E-state index is 0.0608. The lowest BCUT2D eigenvalue weighted by atomic mass is 10.2. The van der Waals surface area contributed by atoms with E-state index in [1.165, 1.54) is 24.3 Å². The van der Waals surface area contributed by atoms with Gasteiger partial charge in [0, 0.05) is 26.1 Å². The van der Waals surface area contributed by atoms with Crippen LogP contribution in [0.2, 0.25) is 0 Å². The van der Waals surface area contributed by atoms with Gasteiger partial charge in [-0.3, -0.25) is 14.4 Å². The fourth-order valence-corrected chi connectivity index (χ4v) is 1.52. The molecule has 0 radical (unpaired) electrons. The van der Waals surface area contributed by atoms with E-state index in [0.717, 1.165) is 0 Å². The summed E-state index contributed by atoms with van der Waals surface area (Å²) in [6.45, 7) is 4.20. The third-order valence-corrected chi connectivity index (χ3v) is 2.73. The molecule has 0 aliphatic heterocycles. The van der Waals surface area contributed by atoms with Crippen molar-refractivity contribution in [2.24, 2.45) is 5.92 Å². The second kappa shape index (κ2) is 8.08. The molecule has 0 fully saturated rings. The van der Waals surface area contributed by atoms with Crippen molar-refractivity contribution >= 4 is 17.7 Å². The minimum Gasteiger partial charge on any atom is -0.459 e. The molecule has 3 amide bonds. The fourth-order valence-electron chi connectivity index (χ4n) is 1.52. The first-order chi connectivity index (χ1) is 9.91. The van der Waals surface area contributed by atoms with Gasteiger partial charge in [-0.25, -0.2) is 0 Å². The SMILES string of the molecule is CC(C)C(=O)NCCNC(=O)CN(C)C(=O)c1ccco1. The molecule has 0 atom stereocenters. The van der Waals surface area contributed by atoms with Gasteiger partial charge in [-0.2, -0.15) is 0 Å². The van der Waals surface area contributed by atoms with E-state index in [0.29, 0.717) is 13.1 Å². The van der Waals surface area contributed by atoms with Gasteiger partial charge in [0.25, 0.3) is 5.91 Å². The van der Waals surface area contributed by atoms with Crippen LogP contribution in [0.25, 0.3) is 0 Å². The van der Waals surface area contributed by atoms with Gasteiger partial charge in [-0.1, -0.05) is 13.8 Å². The van der Waals surface area contributed by atoms with Gasteiger partial charge >= 0.3 is 0 Å². The molecule has 1 rings (SSSR count). The van der Waals surface area contributed by atoms with E-state index in [2.05, 4.69) is 10.6 Å². The minimum atomic E-state index is -0.358. The molecule has 0 saturated heterocycles. The zero-order valence-corrected chi connectivity index (χ0v) is 12.5. The van der Waals surface area contributed by atoms with E-state index in [-0.39, 0.29) is 35.9 Å². The zero-order valence-electron chi connectivity index (χ0n) is 12.5. The van der Waals surface area contributed by atoms with Crippen molar-refractivity contribution in [1.82, 2.24) is 15.5 Å². The second-order valence-electron chi connectivity index (χ2n) is 4.93. The van der Waals surface area contributed by atoms with Crippen molar-refractivity contribution in [1.29, 1.82) is 0 Å². The Hall–Kier alpha value is -2.31. The summed E-state index contributed by atoms with van der Waals surface area (Å²) in [5.74, 6) is -0.610. The molecular weight excluding hydrogens is 274 g/mol. The van der Waals surface area contributed by atoms with Crippen molar-refractivity contribution in [2.75, 3.05) is 26.7 Å². The highest BCUT2D eigenvalue weighted by molar-refractivity contribution is 5.94. The van der Waals surface area contributed by atoms with E-state index < -0.39 is 0 Å². The van der Waals surface area contributed by atoms with Gasteiger partial charge in [0.05, 0.1) is 12.8 Å². The highest BCUT2D eigenvalue weighted by Gasteiger charge is 2.16. The van der Waals surface area contributed by atoms with Crippen LogP contribution >= 0.6 is 0 Å². The van der Waals surface area contributed by atoms with E-state index >= 15 is 0 Å². The highest BCUT2D eigenvalue weighted by Crippen LogP contribution is 2.03. The Morgan fingerprint density at radius 3 is 2.48 bits per heavy atom. The number of hydrogen-bond donors (Lipinski definition) is 2. The molecule has 2 N–H and O–H groups in total. The number of likely N-dealkylation sites (N-methyl/N-ethyl adjacent to an activating group) is 1. The van der Waals surface area contributed by atoms with Crippen LogP contribution in [0.4, 0.5) is 0 Å². The third-order valence-electron chi connectivity index (χ3n) is 2.73. The number of hydrogen-bond acceptors (Lipinski definition) is 4. The lowest BCUT2D eigenvalue weighted by molar-refractivity contribution is -0.124. The molecule has 1 aromatic rings. The Morgan fingerprint density at radius 1 is 1.24 bits per heavy atom. The molecule has 7 heteroatoms. The van der Waals surface area contributed by atoms with Crippen LogP contribution in [-0.2, 0) is 9.59 Å². The van der Waals surface area contributed by atoms with Gasteiger partial charge in [0.2, 0.25) is 11.8 Å². The Balaban J connectivity index is 2.24. The highest BCUT2D eigenvalue weighted by atomic mass is 16.3. The van der Waals surface area contributed by atoms with E-state index in [4.69, 9.17) is 4.42 Å². The number of carbonyl (C=O) groups is 3. The Kier molecular flexibility index (Phi) is 6.45. The van der Waals surface area contributed by atoms with Crippen LogP contribution in [0.5, 0.6) is 0 Å². The number of carbonyl (C=O) groups excluding carboxylic acids is 3. The van der Waals surface area contributed by atoms with Gasteiger partial charge < -0.3 is 20.0 Å². The summed E-state index contributed by atoms with van der Waals surface area (Å²) in [6.07, 6.45) is 1.40. The van der Waals surface area contributed by atoms with Crippen molar-refractivity contribution in [2.45, 2.75) is 13.8 Å². The monoisotopic (exact) mass is 295 g/mol. The number of rotatable bonds is 7. The van der Waals surface area contributed by atoms with Crippen LogP contribution in [0.1, 0.15) is 24.4 Å². The summed E-state index contributed by atoms with van der Waals surface area (Å²) in [4.78, 5) is 36.1. The number of nitrogens with zero attached hydrogens (tertiary/aromatic N) is 1. The normalized spacial score (nSPS) is 10.3. The maximum Gasteiger partial charge on any atom is 0.289 e. The lowest BCUT2D eigenvalue weighted by Crippen LogP contribution is -2.41. The molecule has 0 aliphatic rings. The van der Waals surface area contributed by atoms with Crippen LogP contribution < -0.4 is 10.6 Å². The largest absolute Gasteiger partial charge is 0.459 e.